The molecule has 0 aromatic heterocycles. The second-order valence-electron chi connectivity index (χ2n) is 6.58. The summed E-state index contributed by atoms with van der Waals surface area (Å²) in [7, 11) is 0. The van der Waals surface area contributed by atoms with Crippen molar-refractivity contribution in [1.82, 2.24) is 16.0 Å². The molecular formula is C16H26N6O10. The SMILES string of the molecule is NC(=O)CCC(N)C(=O)NC(CC(=O)O)C(=O)NC(CO)C(=O)NC(CC(N)=O)C(=O)O. The molecule has 16 heteroatoms. The number of hydrogen-bond acceptors (Lipinski definition) is 9. The van der Waals surface area contributed by atoms with Crippen molar-refractivity contribution in [3.8, 4) is 0 Å². The molecule has 0 aliphatic rings. The normalized spacial score (nSPS) is 14.2. The zero-order valence-electron chi connectivity index (χ0n) is 16.8. The van der Waals surface area contributed by atoms with Gasteiger partial charge < -0.3 is 48.5 Å². The molecule has 4 unspecified atom stereocenters. The first-order valence-electron chi connectivity index (χ1n) is 9.07. The molecule has 0 saturated carbocycles. The van der Waals surface area contributed by atoms with Crippen LogP contribution in [0.3, 0.4) is 0 Å². The predicted octanol–water partition coefficient (Wildman–Crippen LogP) is -5.54. The number of nitrogens with one attached hydrogen (secondary N) is 3. The van der Waals surface area contributed by atoms with Crippen LogP contribution in [0, 0.1) is 0 Å². The molecule has 16 nitrogen and oxygen atoms in total. The zero-order valence-corrected chi connectivity index (χ0v) is 16.8. The molecule has 0 fully saturated rings. The van der Waals surface area contributed by atoms with Crippen molar-refractivity contribution < 1.29 is 48.9 Å². The number of carbonyl (C=O) groups is 7. The Bertz CT molecular complexity index is 758. The lowest BCUT2D eigenvalue weighted by atomic mass is 10.1. The van der Waals surface area contributed by atoms with Crippen LogP contribution in [0.5, 0.6) is 0 Å². The van der Waals surface area contributed by atoms with Gasteiger partial charge in [0.2, 0.25) is 29.5 Å². The zero-order chi connectivity index (χ0) is 25.0. The number of rotatable bonds is 15. The van der Waals surface area contributed by atoms with E-state index in [9.17, 15) is 38.7 Å². The standard InChI is InChI=1S/C16H26N6O10/c17-6(1-2-10(18)24)13(28)20-7(4-12(26)27)14(29)22-9(5-23)15(30)21-8(16(31)32)3-11(19)25/h6-9,23H,1-5,17H2,(H2,18,24)(H2,19,25)(H,20,28)(H,21,30)(H,22,29)(H,26,27)(H,31,32). The summed E-state index contributed by atoms with van der Waals surface area (Å²) in [5.41, 5.74) is 15.4. The number of aliphatic hydroxyl groups excluding tert-OH is 1. The Hall–Kier alpha value is -3.79. The van der Waals surface area contributed by atoms with Gasteiger partial charge in [0.25, 0.3) is 0 Å². The fourth-order valence-electron chi connectivity index (χ4n) is 2.23. The monoisotopic (exact) mass is 462 g/mol. The first-order chi connectivity index (χ1) is 14.8. The highest BCUT2D eigenvalue weighted by Crippen LogP contribution is 2.00. The maximum absolute atomic E-state index is 12.4. The van der Waals surface area contributed by atoms with Gasteiger partial charge in [-0.15, -0.1) is 0 Å². The van der Waals surface area contributed by atoms with E-state index in [0.717, 1.165) is 0 Å². The van der Waals surface area contributed by atoms with Gasteiger partial charge in [0.1, 0.15) is 18.1 Å². The summed E-state index contributed by atoms with van der Waals surface area (Å²) in [6.45, 7) is -1.04. The third-order valence-electron chi connectivity index (χ3n) is 3.89. The van der Waals surface area contributed by atoms with Gasteiger partial charge in [0.15, 0.2) is 0 Å². The fourth-order valence-corrected chi connectivity index (χ4v) is 2.23. The lowest BCUT2D eigenvalue weighted by Crippen LogP contribution is -2.58. The lowest BCUT2D eigenvalue weighted by molar-refractivity contribution is -0.144. The number of amides is 5. The second-order valence-corrected chi connectivity index (χ2v) is 6.58. The van der Waals surface area contributed by atoms with Crippen molar-refractivity contribution in [2.45, 2.75) is 49.9 Å². The Kier molecular flexibility index (Phi) is 11.9. The number of aliphatic hydroxyl groups is 1. The topological polar surface area (TPSA) is 294 Å². The van der Waals surface area contributed by atoms with Crippen molar-refractivity contribution in [1.29, 1.82) is 0 Å². The van der Waals surface area contributed by atoms with Crippen LogP contribution in [0.2, 0.25) is 0 Å². The molecule has 0 aromatic rings. The summed E-state index contributed by atoms with van der Waals surface area (Å²) in [6.07, 6.45) is -2.12. The average molecular weight is 462 g/mol. The number of carboxylic acid groups (broad SMARTS) is 2. The van der Waals surface area contributed by atoms with E-state index in [1.54, 1.807) is 0 Å². The predicted molar refractivity (Wildman–Crippen MR) is 103 cm³/mol. The van der Waals surface area contributed by atoms with Gasteiger partial charge in [0, 0.05) is 6.42 Å². The van der Waals surface area contributed by atoms with E-state index in [-0.39, 0.29) is 12.8 Å². The van der Waals surface area contributed by atoms with Crippen LogP contribution in [0.4, 0.5) is 0 Å². The summed E-state index contributed by atoms with van der Waals surface area (Å²) in [6, 6.07) is -6.53. The van der Waals surface area contributed by atoms with Gasteiger partial charge in [-0.25, -0.2) is 4.79 Å². The maximum atomic E-state index is 12.4. The third-order valence-corrected chi connectivity index (χ3v) is 3.89. The van der Waals surface area contributed by atoms with E-state index in [4.69, 9.17) is 27.4 Å². The van der Waals surface area contributed by atoms with Crippen LogP contribution < -0.4 is 33.2 Å². The van der Waals surface area contributed by atoms with Crippen LogP contribution in [0.25, 0.3) is 0 Å². The molecule has 32 heavy (non-hydrogen) atoms. The first kappa shape index (κ1) is 28.2. The number of nitrogens with two attached hydrogens (primary N) is 3. The molecule has 0 saturated heterocycles. The van der Waals surface area contributed by atoms with Crippen molar-refractivity contribution >= 4 is 41.5 Å². The van der Waals surface area contributed by atoms with Crippen LogP contribution in [-0.4, -0.2) is 87.6 Å². The molecule has 0 aromatic carbocycles. The molecule has 0 rings (SSSR count). The van der Waals surface area contributed by atoms with Crippen LogP contribution in [-0.2, 0) is 33.6 Å². The summed E-state index contributed by atoms with van der Waals surface area (Å²) < 4.78 is 0. The minimum absolute atomic E-state index is 0.180. The molecule has 0 heterocycles. The highest BCUT2D eigenvalue weighted by molar-refractivity contribution is 5.96. The smallest absolute Gasteiger partial charge is 0.326 e. The lowest BCUT2D eigenvalue weighted by Gasteiger charge is -2.23. The molecule has 5 amide bonds. The quantitative estimate of drug-likeness (QED) is 0.110. The number of aliphatic carboxylic acids is 2. The average Bonchev–Trinajstić information content (AvgIpc) is 2.67. The second kappa shape index (κ2) is 13.5. The highest BCUT2D eigenvalue weighted by Gasteiger charge is 2.31. The summed E-state index contributed by atoms with van der Waals surface area (Å²) in [4.78, 5) is 80.4. The minimum atomic E-state index is -1.76. The van der Waals surface area contributed by atoms with E-state index >= 15 is 0 Å². The Morgan fingerprint density at radius 1 is 0.719 bits per heavy atom. The van der Waals surface area contributed by atoms with Crippen LogP contribution in [0.15, 0.2) is 0 Å². The van der Waals surface area contributed by atoms with Crippen LogP contribution >= 0.6 is 0 Å². The van der Waals surface area contributed by atoms with Crippen molar-refractivity contribution in [2.24, 2.45) is 17.2 Å². The maximum Gasteiger partial charge on any atom is 0.326 e. The Labute approximate surface area is 180 Å². The van der Waals surface area contributed by atoms with E-state index in [2.05, 4.69) is 0 Å². The van der Waals surface area contributed by atoms with Gasteiger partial charge in [-0.05, 0) is 6.42 Å². The van der Waals surface area contributed by atoms with Gasteiger partial charge >= 0.3 is 11.9 Å². The van der Waals surface area contributed by atoms with Crippen LogP contribution in [0.1, 0.15) is 25.7 Å². The number of carboxylic acids is 2. The van der Waals surface area contributed by atoms with Gasteiger partial charge in [0.05, 0.1) is 25.5 Å². The number of hydrogen-bond donors (Lipinski definition) is 9. The van der Waals surface area contributed by atoms with Crippen molar-refractivity contribution in [3.63, 3.8) is 0 Å². The van der Waals surface area contributed by atoms with Crippen molar-refractivity contribution in [2.75, 3.05) is 6.61 Å². The molecule has 4 atom stereocenters. The Balaban J connectivity index is 5.26. The number of primary amides is 2. The van der Waals surface area contributed by atoms with E-state index in [1.807, 2.05) is 16.0 Å². The molecule has 0 aliphatic heterocycles. The molecule has 0 aliphatic carbocycles. The summed E-state index contributed by atoms with van der Waals surface area (Å²) in [5.74, 6) is -8.30. The largest absolute Gasteiger partial charge is 0.481 e. The third kappa shape index (κ3) is 10.8. The van der Waals surface area contributed by atoms with Crippen molar-refractivity contribution in [3.05, 3.63) is 0 Å². The van der Waals surface area contributed by atoms with E-state index < -0.39 is 85.1 Å². The first-order valence-corrected chi connectivity index (χ1v) is 9.07. The molecule has 180 valence electrons. The Morgan fingerprint density at radius 2 is 1.22 bits per heavy atom. The summed E-state index contributed by atoms with van der Waals surface area (Å²) in [5, 5.41) is 33.2. The molecule has 0 bridgehead atoms. The van der Waals surface area contributed by atoms with Gasteiger partial charge in [-0.2, -0.15) is 0 Å². The summed E-state index contributed by atoms with van der Waals surface area (Å²) >= 11 is 0. The number of carbonyl (C=O) groups excluding carboxylic acids is 5. The molecule has 12 N–H and O–H groups in total. The fraction of sp³-hybridized carbons (Fsp3) is 0.562. The molecular weight excluding hydrogens is 436 g/mol. The molecule has 0 radical (unpaired) electrons. The van der Waals surface area contributed by atoms with E-state index in [0.29, 0.717) is 0 Å². The Morgan fingerprint density at radius 3 is 1.66 bits per heavy atom. The molecule has 0 spiro atoms. The van der Waals surface area contributed by atoms with E-state index in [1.165, 1.54) is 0 Å². The van der Waals surface area contributed by atoms with Gasteiger partial charge in [-0.1, -0.05) is 0 Å². The highest BCUT2D eigenvalue weighted by atomic mass is 16.4. The van der Waals surface area contributed by atoms with Gasteiger partial charge in [-0.3, -0.25) is 28.8 Å². The minimum Gasteiger partial charge on any atom is -0.481 e.